The topological polar surface area (TPSA) is 55.4 Å². The normalized spacial score (nSPS) is 12.1. The molecule has 136 valence electrons. The van der Waals surface area contributed by atoms with Gasteiger partial charge in [-0.15, -0.1) is 0 Å². The van der Waals surface area contributed by atoms with Gasteiger partial charge in [-0.05, 0) is 55.3 Å². The van der Waals surface area contributed by atoms with Crippen LogP contribution in [0.15, 0.2) is 35.2 Å². The molecule has 0 saturated heterocycles. The van der Waals surface area contributed by atoms with Crippen molar-refractivity contribution in [2.24, 2.45) is 0 Å². The standard InChI is InChI=1S/C16H15ClF3NO3S/c1-9-6-14(24-3)15(7-10(9)2)25(22,23)21-13-8-11(16(18,19)20)4-5-12(13)17/h4-8,21H,1-3H3. The minimum absolute atomic E-state index is 0.0821. The van der Waals surface area contributed by atoms with Crippen LogP contribution in [0.4, 0.5) is 18.9 Å². The molecule has 0 aromatic heterocycles. The average Bonchev–Trinajstić information content (AvgIpc) is 2.50. The molecule has 0 aliphatic rings. The van der Waals surface area contributed by atoms with Gasteiger partial charge in [-0.1, -0.05) is 11.6 Å². The number of rotatable bonds is 4. The van der Waals surface area contributed by atoms with Gasteiger partial charge in [0.15, 0.2) is 0 Å². The van der Waals surface area contributed by atoms with Crippen molar-refractivity contribution in [1.29, 1.82) is 0 Å². The van der Waals surface area contributed by atoms with Crippen molar-refractivity contribution in [3.8, 4) is 5.75 Å². The molecule has 0 saturated carbocycles. The Labute approximate surface area is 148 Å². The highest BCUT2D eigenvalue weighted by molar-refractivity contribution is 7.92. The second-order valence-corrected chi connectivity index (χ2v) is 7.44. The summed E-state index contributed by atoms with van der Waals surface area (Å²) in [7, 11) is -2.90. The quantitative estimate of drug-likeness (QED) is 0.812. The monoisotopic (exact) mass is 393 g/mol. The van der Waals surface area contributed by atoms with Crippen LogP contribution in [-0.2, 0) is 16.2 Å². The van der Waals surface area contributed by atoms with E-state index in [1.165, 1.54) is 19.2 Å². The zero-order valence-electron chi connectivity index (χ0n) is 13.5. The van der Waals surface area contributed by atoms with Crippen molar-refractivity contribution < 1.29 is 26.3 Å². The van der Waals surface area contributed by atoms with Crippen molar-refractivity contribution in [3.05, 3.63) is 52.0 Å². The summed E-state index contributed by atoms with van der Waals surface area (Å²) in [4.78, 5) is -0.188. The third kappa shape index (κ3) is 4.19. The van der Waals surface area contributed by atoms with E-state index in [4.69, 9.17) is 16.3 Å². The molecule has 0 aliphatic heterocycles. The lowest BCUT2D eigenvalue weighted by molar-refractivity contribution is -0.137. The van der Waals surface area contributed by atoms with E-state index in [2.05, 4.69) is 4.72 Å². The number of anilines is 1. The Hall–Kier alpha value is -1.93. The van der Waals surface area contributed by atoms with Crippen molar-refractivity contribution in [2.75, 3.05) is 11.8 Å². The van der Waals surface area contributed by atoms with Gasteiger partial charge in [-0.2, -0.15) is 13.2 Å². The Bertz CT molecular complexity index is 912. The van der Waals surface area contributed by atoms with E-state index < -0.39 is 21.8 Å². The predicted octanol–water partition coefficient (Wildman–Crippen LogP) is 4.79. The first-order valence-electron chi connectivity index (χ1n) is 7.00. The molecule has 0 amide bonds. The number of nitrogens with one attached hydrogen (secondary N) is 1. The summed E-state index contributed by atoms with van der Waals surface area (Å²) in [6.07, 6.45) is -4.62. The lowest BCUT2D eigenvalue weighted by Crippen LogP contribution is -2.16. The Morgan fingerprint density at radius 1 is 1.08 bits per heavy atom. The second-order valence-electron chi connectivity index (χ2n) is 5.39. The van der Waals surface area contributed by atoms with E-state index >= 15 is 0 Å². The molecular weight excluding hydrogens is 379 g/mol. The smallest absolute Gasteiger partial charge is 0.416 e. The average molecular weight is 394 g/mol. The van der Waals surface area contributed by atoms with Gasteiger partial charge in [0.05, 0.1) is 23.4 Å². The molecule has 0 spiro atoms. The summed E-state index contributed by atoms with van der Waals surface area (Å²) in [6, 6.07) is 5.33. The lowest BCUT2D eigenvalue weighted by atomic mass is 10.1. The molecule has 2 aromatic rings. The molecule has 0 bridgehead atoms. The maximum Gasteiger partial charge on any atom is 0.416 e. The third-order valence-corrected chi connectivity index (χ3v) is 5.32. The highest BCUT2D eigenvalue weighted by atomic mass is 35.5. The molecule has 2 aromatic carbocycles. The Morgan fingerprint density at radius 2 is 1.68 bits per heavy atom. The van der Waals surface area contributed by atoms with Crippen LogP contribution >= 0.6 is 11.6 Å². The van der Waals surface area contributed by atoms with E-state index in [1.807, 2.05) is 0 Å². The molecule has 0 atom stereocenters. The summed E-state index contributed by atoms with van der Waals surface area (Å²) in [5.41, 5.74) is 0.127. The highest BCUT2D eigenvalue weighted by Crippen LogP contribution is 2.35. The molecule has 25 heavy (non-hydrogen) atoms. The number of methoxy groups -OCH3 is 1. The molecule has 0 radical (unpaired) electrons. The van der Waals surface area contributed by atoms with Gasteiger partial charge in [-0.25, -0.2) is 8.42 Å². The van der Waals surface area contributed by atoms with Crippen molar-refractivity contribution in [1.82, 2.24) is 0 Å². The van der Waals surface area contributed by atoms with Crippen LogP contribution in [0.3, 0.4) is 0 Å². The Morgan fingerprint density at radius 3 is 2.24 bits per heavy atom. The van der Waals surface area contributed by atoms with Gasteiger partial charge in [0.2, 0.25) is 0 Å². The van der Waals surface area contributed by atoms with Crippen LogP contribution in [0.5, 0.6) is 5.75 Å². The van der Waals surface area contributed by atoms with Gasteiger partial charge in [0, 0.05) is 0 Å². The SMILES string of the molecule is COc1cc(C)c(C)cc1S(=O)(=O)Nc1cc(C(F)(F)F)ccc1Cl. The van der Waals surface area contributed by atoms with Crippen LogP contribution in [0.2, 0.25) is 5.02 Å². The van der Waals surface area contributed by atoms with Crippen molar-refractivity contribution in [3.63, 3.8) is 0 Å². The number of alkyl halides is 3. The summed E-state index contributed by atoms with van der Waals surface area (Å²) in [5.74, 6) is 0.0821. The Balaban J connectivity index is 2.52. The van der Waals surface area contributed by atoms with Crippen molar-refractivity contribution >= 4 is 27.3 Å². The van der Waals surface area contributed by atoms with E-state index in [-0.39, 0.29) is 21.4 Å². The van der Waals surface area contributed by atoms with E-state index in [9.17, 15) is 21.6 Å². The number of ether oxygens (including phenoxy) is 1. The van der Waals surface area contributed by atoms with Crippen LogP contribution in [-0.4, -0.2) is 15.5 Å². The van der Waals surface area contributed by atoms with E-state index in [0.29, 0.717) is 11.6 Å². The minimum atomic E-state index is -4.62. The van der Waals surface area contributed by atoms with Gasteiger partial charge < -0.3 is 4.74 Å². The molecule has 0 heterocycles. The number of aryl methyl sites for hydroxylation is 2. The molecule has 0 aliphatic carbocycles. The van der Waals surface area contributed by atoms with Crippen LogP contribution < -0.4 is 9.46 Å². The van der Waals surface area contributed by atoms with Crippen LogP contribution in [0.1, 0.15) is 16.7 Å². The zero-order chi connectivity index (χ0) is 19.0. The first-order valence-corrected chi connectivity index (χ1v) is 8.86. The lowest BCUT2D eigenvalue weighted by Gasteiger charge is -2.15. The first kappa shape index (κ1) is 19.4. The summed E-state index contributed by atoms with van der Waals surface area (Å²) >= 11 is 5.84. The zero-order valence-corrected chi connectivity index (χ0v) is 15.1. The first-order chi connectivity index (χ1) is 11.5. The van der Waals surface area contributed by atoms with Gasteiger partial charge >= 0.3 is 6.18 Å². The molecule has 0 fully saturated rings. The molecule has 2 rings (SSSR count). The van der Waals surface area contributed by atoms with Gasteiger partial charge in [-0.3, -0.25) is 4.72 Å². The fourth-order valence-electron chi connectivity index (χ4n) is 2.11. The molecule has 4 nitrogen and oxygen atoms in total. The van der Waals surface area contributed by atoms with Gasteiger partial charge in [0.25, 0.3) is 10.0 Å². The van der Waals surface area contributed by atoms with Gasteiger partial charge in [0.1, 0.15) is 10.6 Å². The summed E-state index contributed by atoms with van der Waals surface area (Å²) in [5, 5.41) is -0.153. The number of halogens is 4. The second kappa shape index (κ2) is 6.76. The number of sulfonamides is 1. The molecule has 9 heteroatoms. The fourth-order valence-corrected chi connectivity index (χ4v) is 3.64. The maximum atomic E-state index is 12.8. The van der Waals surface area contributed by atoms with E-state index in [1.54, 1.807) is 13.8 Å². The van der Waals surface area contributed by atoms with Crippen molar-refractivity contribution in [2.45, 2.75) is 24.9 Å². The fraction of sp³-hybridized carbons (Fsp3) is 0.250. The summed E-state index contributed by atoms with van der Waals surface area (Å²) < 4.78 is 70.9. The molecular formula is C16H15ClF3NO3S. The van der Waals surface area contributed by atoms with Crippen LogP contribution in [0, 0.1) is 13.8 Å². The highest BCUT2D eigenvalue weighted by Gasteiger charge is 2.31. The number of hydrogen-bond acceptors (Lipinski definition) is 3. The minimum Gasteiger partial charge on any atom is -0.495 e. The maximum absolute atomic E-state index is 12.8. The number of hydrogen-bond donors (Lipinski definition) is 1. The molecule has 0 unspecified atom stereocenters. The largest absolute Gasteiger partial charge is 0.495 e. The van der Waals surface area contributed by atoms with Crippen LogP contribution in [0.25, 0.3) is 0 Å². The number of benzene rings is 2. The van der Waals surface area contributed by atoms with E-state index in [0.717, 1.165) is 17.7 Å². The molecule has 1 N–H and O–H groups in total. The predicted molar refractivity (Wildman–Crippen MR) is 89.7 cm³/mol. The summed E-state index contributed by atoms with van der Waals surface area (Å²) in [6.45, 7) is 3.50. The third-order valence-electron chi connectivity index (χ3n) is 3.61. The Kier molecular flexibility index (Phi) is 5.24.